The van der Waals surface area contributed by atoms with Crippen molar-refractivity contribution in [3.05, 3.63) is 28.8 Å². The van der Waals surface area contributed by atoms with Crippen LogP contribution in [0.3, 0.4) is 0 Å². The molecule has 0 aromatic heterocycles. The summed E-state index contributed by atoms with van der Waals surface area (Å²) < 4.78 is 27.0. The first kappa shape index (κ1) is 15.8. The fourth-order valence-electron chi connectivity index (χ4n) is 2.67. The molecule has 1 N–H and O–H groups in total. The van der Waals surface area contributed by atoms with Crippen molar-refractivity contribution in [2.24, 2.45) is 5.92 Å². The number of rotatable bonds is 4. The summed E-state index contributed by atoms with van der Waals surface area (Å²) in [6.07, 6.45) is 2.46. The third-order valence-electron chi connectivity index (χ3n) is 3.85. The lowest BCUT2D eigenvalue weighted by molar-refractivity contribution is 0.203. The Balaban J connectivity index is 2.28. The number of aliphatic hydroxyl groups excluding tert-OH is 1. The minimum Gasteiger partial charge on any atom is -0.396 e. The lowest BCUT2D eigenvalue weighted by Gasteiger charge is -2.32. The van der Waals surface area contributed by atoms with Gasteiger partial charge in [-0.3, -0.25) is 0 Å². The number of hydrogen-bond donors (Lipinski definition) is 1. The van der Waals surface area contributed by atoms with Crippen molar-refractivity contribution in [3.63, 3.8) is 0 Å². The third kappa shape index (κ3) is 3.17. The van der Waals surface area contributed by atoms with E-state index >= 15 is 0 Å². The molecule has 2 rings (SSSR count). The highest BCUT2D eigenvalue weighted by Gasteiger charge is 2.31. The van der Waals surface area contributed by atoms with Gasteiger partial charge < -0.3 is 5.11 Å². The Kier molecular flexibility index (Phi) is 5.07. The molecule has 6 heteroatoms. The molecule has 1 fully saturated rings. The van der Waals surface area contributed by atoms with Gasteiger partial charge in [-0.15, -0.1) is 0 Å². The summed E-state index contributed by atoms with van der Waals surface area (Å²) in [5.41, 5.74) is 0.596. The van der Waals surface area contributed by atoms with Crippen molar-refractivity contribution in [2.75, 3.05) is 19.7 Å². The first-order valence-electron chi connectivity index (χ1n) is 6.83. The highest BCUT2D eigenvalue weighted by atomic mass is 35.5. The number of benzene rings is 1. The predicted molar refractivity (Wildman–Crippen MR) is 79.4 cm³/mol. The van der Waals surface area contributed by atoms with Crippen LogP contribution in [0, 0.1) is 12.8 Å². The molecule has 1 unspecified atom stereocenters. The second-order valence-electron chi connectivity index (χ2n) is 5.25. The van der Waals surface area contributed by atoms with E-state index in [-0.39, 0.29) is 17.4 Å². The molecule has 20 heavy (non-hydrogen) atoms. The quantitative estimate of drug-likeness (QED) is 0.928. The Morgan fingerprint density at radius 2 is 2.20 bits per heavy atom. The van der Waals surface area contributed by atoms with E-state index in [1.54, 1.807) is 25.1 Å². The van der Waals surface area contributed by atoms with E-state index in [2.05, 4.69) is 0 Å². The van der Waals surface area contributed by atoms with Gasteiger partial charge >= 0.3 is 0 Å². The molecular weight excluding hydrogens is 298 g/mol. The maximum atomic E-state index is 12.7. The minimum atomic E-state index is -3.50. The normalized spacial score (nSPS) is 21.1. The Hall–Kier alpha value is -0.620. The van der Waals surface area contributed by atoms with Crippen molar-refractivity contribution in [1.82, 2.24) is 4.31 Å². The maximum Gasteiger partial charge on any atom is 0.243 e. The highest BCUT2D eigenvalue weighted by molar-refractivity contribution is 7.89. The van der Waals surface area contributed by atoms with E-state index in [1.807, 2.05) is 0 Å². The van der Waals surface area contributed by atoms with Crippen LogP contribution >= 0.6 is 11.6 Å². The van der Waals surface area contributed by atoms with Gasteiger partial charge in [0.15, 0.2) is 0 Å². The van der Waals surface area contributed by atoms with Gasteiger partial charge in [0.05, 0.1) is 4.90 Å². The van der Waals surface area contributed by atoms with Gasteiger partial charge in [0.25, 0.3) is 0 Å². The van der Waals surface area contributed by atoms with Crippen molar-refractivity contribution in [3.8, 4) is 0 Å². The molecule has 1 aromatic carbocycles. The van der Waals surface area contributed by atoms with Gasteiger partial charge in [0.2, 0.25) is 10.0 Å². The summed E-state index contributed by atoms with van der Waals surface area (Å²) in [7, 11) is -3.50. The topological polar surface area (TPSA) is 57.6 Å². The van der Waals surface area contributed by atoms with Crippen LogP contribution in [0.1, 0.15) is 24.8 Å². The zero-order valence-electron chi connectivity index (χ0n) is 11.5. The third-order valence-corrected chi connectivity index (χ3v) is 6.27. The first-order valence-corrected chi connectivity index (χ1v) is 8.64. The first-order chi connectivity index (χ1) is 9.46. The Morgan fingerprint density at radius 1 is 1.45 bits per heavy atom. The Labute approximate surface area is 125 Å². The molecule has 1 aliphatic heterocycles. The van der Waals surface area contributed by atoms with Crippen LogP contribution in [-0.2, 0) is 10.0 Å². The van der Waals surface area contributed by atoms with Crippen molar-refractivity contribution < 1.29 is 13.5 Å². The van der Waals surface area contributed by atoms with Gasteiger partial charge in [-0.2, -0.15) is 4.31 Å². The van der Waals surface area contributed by atoms with Crippen LogP contribution in [0.15, 0.2) is 23.1 Å². The summed E-state index contributed by atoms with van der Waals surface area (Å²) in [4.78, 5) is 0.287. The van der Waals surface area contributed by atoms with Crippen LogP contribution < -0.4 is 0 Å². The van der Waals surface area contributed by atoms with E-state index in [0.29, 0.717) is 30.1 Å². The van der Waals surface area contributed by atoms with Gasteiger partial charge in [-0.1, -0.05) is 17.7 Å². The van der Waals surface area contributed by atoms with Gasteiger partial charge in [0.1, 0.15) is 0 Å². The zero-order chi connectivity index (χ0) is 14.8. The molecule has 1 atom stereocenters. The van der Waals surface area contributed by atoms with Crippen LogP contribution in [-0.4, -0.2) is 37.5 Å². The van der Waals surface area contributed by atoms with Crippen LogP contribution in [0.25, 0.3) is 0 Å². The van der Waals surface area contributed by atoms with Crippen LogP contribution in [0.4, 0.5) is 0 Å². The average Bonchev–Trinajstić information content (AvgIpc) is 2.42. The molecule has 0 saturated carbocycles. The van der Waals surface area contributed by atoms with Crippen LogP contribution in [0.2, 0.25) is 5.02 Å². The van der Waals surface area contributed by atoms with Crippen molar-refractivity contribution >= 4 is 21.6 Å². The van der Waals surface area contributed by atoms with Gasteiger partial charge in [0, 0.05) is 24.7 Å². The summed E-state index contributed by atoms with van der Waals surface area (Å²) in [5.74, 6) is 0.239. The van der Waals surface area contributed by atoms with E-state index < -0.39 is 10.0 Å². The molecule has 0 amide bonds. The predicted octanol–water partition coefficient (Wildman–Crippen LogP) is 2.43. The largest absolute Gasteiger partial charge is 0.396 e. The summed E-state index contributed by atoms with van der Waals surface area (Å²) >= 11 is 6.02. The highest BCUT2D eigenvalue weighted by Crippen LogP contribution is 2.29. The summed E-state index contributed by atoms with van der Waals surface area (Å²) in [5, 5.41) is 9.49. The second kappa shape index (κ2) is 6.43. The van der Waals surface area contributed by atoms with E-state index in [9.17, 15) is 8.42 Å². The van der Waals surface area contributed by atoms with E-state index in [4.69, 9.17) is 16.7 Å². The van der Waals surface area contributed by atoms with Crippen molar-refractivity contribution in [2.45, 2.75) is 31.1 Å². The Bertz CT molecular complexity index is 572. The fraction of sp³-hybridized carbons (Fsp3) is 0.571. The second-order valence-corrected chi connectivity index (χ2v) is 7.56. The number of aliphatic hydroxyl groups is 1. The molecule has 1 saturated heterocycles. The molecule has 1 aliphatic rings. The lowest BCUT2D eigenvalue weighted by atomic mass is 9.97. The molecule has 112 valence electrons. The zero-order valence-corrected chi connectivity index (χ0v) is 13.1. The molecule has 1 heterocycles. The standard InChI is InChI=1S/C14H20ClNO3S/c1-11-13(15)5-2-6-14(11)20(18,19)16-8-3-4-12(10-16)7-9-17/h2,5-6,12,17H,3-4,7-10H2,1H3. The van der Waals surface area contributed by atoms with Gasteiger partial charge in [-0.25, -0.2) is 8.42 Å². The molecule has 1 aromatic rings. The molecule has 4 nitrogen and oxygen atoms in total. The number of sulfonamides is 1. The van der Waals surface area contributed by atoms with Crippen molar-refractivity contribution in [1.29, 1.82) is 0 Å². The minimum absolute atomic E-state index is 0.106. The van der Waals surface area contributed by atoms with Gasteiger partial charge in [-0.05, 0) is 49.8 Å². The number of halogens is 1. The fourth-order valence-corrected chi connectivity index (χ4v) is 4.70. The smallest absolute Gasteiger partial charge is 0.243 e. The van der Waals surface area contributed by atoms with E-state index in [0.717, 1.165) is 12.8 Å². The SMILES string of the molecule is Cc1c(Cl)cccc1S(=O)(=O)N1CCCC(CCO)C1. The summed E-state index contributed by atoms with van der Waals surface area (Å²) in [6.45, 7) is 2.85. The van der Waals surface area contributed by atoms with Crippen LogP contribution in [0.5, 0.6) is 0 Å². The molecule has 0 radical (unpaired) electrons. The molecule has 0 aliphatic carbocycles. The molecule has 0 bridgehead atoms. The average molecular weight is 318 g/mol. The lowest BCUT2D eigenvalue weighted by Crippen LogP contribution is -2.40. The Morgan fingerprint density at radius 3 is 2.90 bits per heavy atom. The summed E-state index contributed by atoms with van der Waals surface area (Å²) in [6, 6.07) is 4.96. The maximum absolute atomic E-state index is 12.7. The molecule has 0 spiro atoms. The van der Waals surface area contributed by atoms with E-state index in [1.165, 1.54) is 4.31 Å². The number of nitrogens with zero attached hydrogens (tertiary/aromatic N) is 1. The number of hydrogen-bond acceptors (Lipinski definition) is 3. The number of piperidine rings is 1. The molecular formula is C14H20ClNO3S. The monoisotopic (exact) mass is 317 g/mol.